The molecule has 354 valence electrons. The van der Waals surface area contributed by atoms with Crippen molar-refractivity contribution < 1.29 is 0 Å². The predicted molar refractivity (Wildman–Crippen MR) is 300 cm³/mol. The molecule has 0 unspecified atom stereocenters. The number of anilines is 1. The highest BCUT2D eigenvalue weighted by Gasteiger charge is 2.49. The number of para-hydroxylation sites is 4. The minimum absolute atomic E-state index is 0.212. The van der Waals surface area contributed by atoms with Crippen LogP contribution in [0.3, 0.4) is 0 Å². The van der Waals surface area contributed by atoms with Gasteiger partial charge in [-0.25, -0.2) is 9.97 Å². The van der Waals surface area contributed by atoms with Crippen LogP contribution in [-0.4, -0.2) is 19.1 Å². The number of allylic oxidation sites excluding steroid dienone is 2. The summed E-state index contributed by atoms with van der Waals surface area (Å²) in [5, 5.41) is 4.60. The Labute approximate surface area is 424 Å². The first-order valence-corrected chi connectivity index (χ1v) is 26.5. The van der Waals surface area contributed by atoms with E-state index < -0.39 is 0 Å². The Balaban J connectivity index is 0.918. The van der Waals surface area contributed by atoms with E-state index in [-0.39, 0.29) is 5.54 Å². The molecular weight excluding hydrogens is 875 g/mol. The van der Waals surface area contributed by atoms with E-state index in [1.165, 1.54) is 120 Å². The summed E-state index contributed by atoms with van der Waals surface area (Å²) in [5.74, 6) is 2.97. The van der Waals surface area contributed by atoms with E-state index in [0.717, 1.165) is 56.2 Å². The van der Waals surface area contributed by atoms with E-state index in [1.54, 1.807) is 0 Å². The van der Waals surface area contributed by atoms with E-state index in [2.05, 4.69) is 222 Å². The molecule has 0 bridgehead atoms. The molecule has 0 saturated heterocycles. The average Bonchev–Trinajstić information content (AvgIpc) is 4.05. The number of imidazole rings is 2. The van der Waals surface area contributed by atoms with Crippen LogP contribution >= 0.6 is 0 Å². The Morgan fingerprint density at radius 3 is 1.35 bits per heavy atom. The lowest BCUT2D eigenvalue weighted by molar-refractivity contribution is 0.123. The highest BCUT2D eigenvalue weighted by molar-refractivity contribution is 5.97. The maximum atomic E-state index is 5.14. The molecule has 13 rings (SSSR count). The van der Waals surface area contributed by atoms with Crippen LogP contribution in [0.4, 0.5) is 5.69 Å². The summed E-state index contributed by atoms with van der Waals surface area (Å²) in [7, 11) is 0. The van der Waals surface area contributed by atoms with Crippen molar-refractivity contribution in [2.45, 2.75) is 83.6 Å². The van der Waals surface area contributed by atoms with Crippen LogP contribution < -0.4 is 5.32 Å². The van der Waals surface area contributed by atoms with Gasteiger partial charge >= 0.3 is 0 Å². The van der Waals surface area contributed by atoms with Crippen LogP contribution in [0, 0.1) is 11.8 Å². The number of rotatable bonds is 8. The van der Waals surface area contributed by atoms with Gasteiger partial charge in [-0.2, -0.15) is 0 Å². The molecule has 0 spiro atoms. The van der Waals surface area contributed by atoms with Crippen molar-refractivity contribution in [3.8, 4) is 56.4 Å². The Morgan fingerprint density at radius 1 is 0.403 bits per heavy atom. The lowest BCUT2D eigenvalue weighted by atomic mass is 9.59. The minimum Gasteiger partial charge on any atom is -0.374 e. The third-order valence-electron chi connectivity index (χ3n) is 16.8. The first kappa shape index (κ1) is 44.2. The van der Waals surface area contributed by atoms with Gasteiger partial charge in [0.25, 0.3) is 0 Å². The van der Waals surface area contributed by atoms with E-state index in [9.17, 15) is 0 Å². The number of nitrogens with one attached hydrogen (secondary N) is 1. The Bertz CT molecular complexity index is 3600. The van der Waals surface area contributed by atoms with Crippen LogP contribution in [0.2, 0.25) is 0 Å². The van der Waals surface area contributed by atoms with Crippen molar-refractivity contribution in [1.82, 2.24) is 19.1 Å². The average molecular weight is 936 g/mol. The number of hydrogen-bond donors (Lipinski definition) is 1. The van der Waals surface area contributed by atoms with Crippen LogP contribution in [0.1, 0.15) is 94.7 Å². The quantitative estimate of drug-likeness (QED) is 0.165. The number of benzene rings is 8. The van der Waals surface area contributed by atoms with Crippen molar-refractivity contribution in [3.63, 3.8) is 0 Å². The van der Waals surface area contributed by atoms with Gasteiger partial charge in [-0.15, -0.1) is 0 Å². The zero-order chi connectivity index (χ0) is 48.2. The molecule has 2 saturated carbocycles. The monoisotopic (exact) mass is 935 g/mol. The Hall–Kier alpha value is -7.76. The van der Waals surface area contributed by atoms with Gasteiger partial charge in [0.1, 0.15) is 11.6 Å². The molecule has 10 aromatic rings. The molecule has 1 N–H and O–H groups in total. The number of fused-ring (bicyclic) bond motifs is 4. The summed E-state index contributed by atoms with van der Waals surface area (Å²) in [5.41, 5.74) is 21.6. The second-order valence-corrected chi connectivity index (χ2v) is 20.8. The topological polar surface area (TPSA) is 47.7 Å². The van der Waals surface area contributed by atoms with Gasteiger partial charge in [-0.05, 0) is 163 Å². The minimum atomic E-state index is -0.212. The second kappa shape index (κ2) is 18.4. The first-order chi connectivity index (χ1) is 35.5. The zero-order valence-electron chi connectivity index (χ0n) is 41.5. The molecule has 72 heavy (non-hydrogen) atoms. The summed E-state index contributed by atoms with van der Waals surface area (Å²) in [4.78, 5) is 10.3. The largest absolute Gasteiger partial charge is 0.374 e. The SMILES string of the molecule is CC1=C(C)c2ccc(-c3ccc(-n4c(-c5ccccc5)nc5ccccc54)cc3)cc2C(C2CCCCC2)(C2CCCCC2)Nc2ccc(-c3ccc(-n4c(-c5ccccc5)nc5ccccc54)cc3)cc21. The Morgan fingerprint density at radius 2 is 0.833 bits per heavy atom. The first-order valence-electron chi connectivity index (χ1n) is 26.5. The molecule has 2 aromatic heterocycles. The molecule has 5 nitrogen and oxygen atoms in total. The molecule has 0 amide bonds. The molecule has 5 heteroatoms. The third-order valence-corrected chi connectivity index (χ3v) is 16.8. The lowest BCUT2D eigenvalue weighted by Crippen LogP contribution is -2.51. The molecule has 2 aliphatic carbocycles. The predicted octanol–water partition coefficient (Wildman–Crippen LogP) is 17.8. The number of nitrogens with zero attached hydrogens (tertiary/aromatic N) is 4. The molecule has 0 atom stereocenters. The number of aromatic nitrogens is 4. The molecule has 8 aromatic carbocycles. The summed E-state index contributed by atoms with van der Waals surface area (Å²) >= 11 is 0. The van der Waals surface area contributed by atoms with Crippen molar-refractivity contribution in [3.05, 3.63) is 211 Å². The number of hydrogen-bond acceptors (Lipinski definition) is 3. The van der Waals surface area contributed by atoms with Gasteiger partial charge < -0.3 is 5.32 Å². The lowest BCUT2D eigenvalue weighted by Gasteiger charge is -2.52. The fraction of sp³-hybridized carbons (Fsp3) is 0.224. The third kappa shape index (κ3) is 7.60. The molecule has 1 aliphatic heterocycles. The summed E-state index contributed by atoms with van der Waals surface area (Å²) in [6, 6.07) is 71.2. The van der Waals surface area contributed by atoms with Gasteiger partial charge in [-0.3, -0.25) is 9.13 Å². The fourth-order valence-corrected chi connectivity index (χ4v) is 13.1. The van der Waals surface area contributed by atoms with Crippen molar-refractivity contribution in [1.29, 1.82) is 0 Å². The highest BCUT2D eigenvalue weighted by atomic mass is 15.1. The molecule has 3 aliphatic rings. The van der Waals surface area contributed by atoms with Crippen LogP contribution in [0.25, 0.3) is 89.6 Å². The van der Waals surface area contributed by atoms with E-state index in [0.29, 0.717) is 11.8 Å². The molecule has 2 fully saturated rings. The maximum absolute atomic E-state index is 5.14. The van der Waals surface area contributed by atoms with Crippen LogP contribution in [0.15, 0.2) is 194 Å². The second-order valence-electron chi connectivity index (χ2n) is 20.8. The molecule has 3 heterocycles. The summed E-state index contributed by atoms with van der Waals surface area (Å²) < 4.78 is 4.61. The van der Waals surface area contributed by atoms with Gasteiger partial charge in [0, 0.05) is 33.8 Å². The van der Waals surface area contributed by atoms with Gasteiger partial charge in [0.15, 0.2) is 0 Å². The van der Waals surface area contributed by atoms with Gasteiger partial charge in [0.2, 0.25) is 0 Å². The van der Waals surface area contributed by atoms with Crippen LogP contribution in [-0.2, 0) is 5.54 Å². The van der Waals surface area contributed by atoms with Crippen molar-refractivity contribution >= 4 is 38.9 Å². The smallest absolute Gasteiger partial charge is 0.145 e. The highest BCUT2D eigenvalue weighted by Crippen LogP contribution is 2.55. The fourth-order valence-electron chi connectivity index (χ4n) is 13.1. The van der Waals surface area contributed by atoms with E-state index in [4.69, 9.17) is 9.97 Å². The summed E-state index contributed by atoms with van der Waals surface area (Å²) in [6.45, 7) is 4.75. The standard InChI is InChI=1S/C67H61N5/c1-45-46(2)58-43-51(47-31-37-55(38-32-47)71-63-29-17-15-27-61(63)68-65(71)49-19-7-3-8-20-49)36-42-60(58)70-67(53-23-11-5-12-24-53,54-25-13-6-14-26-54)59-44-52(35-41-57(45)59)48-33-39-56(40-34-48)72-64-30-18-16-28-62(64)69-66(72)50-21-9-4-10-22-50/h3-4,7-10,15-22,27-44,53-54,70H,5-6,11-14,23-26H2,1-2H3. The van der Waals surface area contributed by atoms with Crippen LogP contribution in [0.5, 0.6) is 0 Å². The maximum Gasteiger partial charge on any atom is 0.145 e. The van der Waals surface area contributed by atoms with E-state index in [1.807, 2.05) is 0 Å². The zero-order valence-corrected chi connectivity index (χ0v) is 41.5. The van der Waals surface area contributed by atoms with E-state index >= 15 is 0 Å². The molecule has 0 radical (unpaired) electrons. The molecular formula is C67H61N5. The summed E-state index contributed by atoms with van der Waals surface area (Å²) in [6.07, 6.45) is 12.9. The normalized spacial score (nSPS) is 16.2. The van der Waals surface area contributed by atoms with Gasteiger partial charge in [0.05, 0.1) is 27.6 Å². The Kier molecular flexibility index (Phi) is 11.3. The van der Waals surface area contributed by atoms with Crippen molar-refractivity contribution in [2.24, 2.45) is 11.8 Å². The van der Waals surface area contributed by atoms with Gasteiger partial charge in [-0.1, -0.05) is 166 Å². The van der Waals surface area contributed by atoms with Crippen molar-refractivity contribution in [2.75, 3.05) is 5.32 Å².